The highest BCUT2D eigenvalue weighted by Crippen LogP contribution is 2.56. The van der Waals surface area contributed by atoms with Gasteiger partial charge < -0.3 is 16.0 Å². The number of nitrogens with one attached hydrogen (secondary N) is 1. The van der Waals surface area contributed by atoms with E-state index in [1.807, 2.05) is 0 Å². The predicted molar refractivity (Wildman–Crippen MR) is 121 cm³/mol. The van der Waals surface area contributed by atoms with E-state index in [0.29, 0.717) is 37.6 Å². The number of hydrogen-bond donors (Lipinski definition) is 2. The third kappa shape index (κ3) is 4.25. The van der Waals surface area contributed by atoms with Crippen molar-refractivity contribution in [2.75, 3.05) is 13.1 Å². The van der Waals surface area contributed by atoms with E-state index in [1.54, 1.807) is 17.0 Å². The Labute approximate surface area is 204 Å². The van der Waals surface area contributed by atoms with Crippen LogP contribution in [0.3, 0.4) is 0 Å². The highest BCUT2D eigenvalue weighted by Gasteiger charge is 2.65. The molecule has 5 nitrogen and oxygen atoms in total. The Bertz CT molecular complexity index is 1190. The maximum atomic E-state index is 14.8. The molecule has 3 aliphatic rings. The molecule has 0 radical (unpaired) electrons. The summed E-state index contributed by atoms with van der Waals surface area (Å²) in [4.78, 5) is 28.9. The zero-order valence-corrected chi connectivity index (χ0v) is 19.4. The molecule has 1 aliphatic heterocycles. The Kier molecular flexibility index (Phi) is 5.85. The number of carbonyl (C=O) groups is 2. The second-order valence-corrected chi connectivity index (χ2v) is 10.1. The van der Waals surface area contributed by atoms with E-state index >= 15 is 0 Å². The summed E-state index contributed by atoms with van der Waals surface area (Å²) in [7, 11) is 0. The molecule has 2 aliphatic carbocycles. The lowest BCUT2D eigenvalue weighted by Gasteiger charge is -2.34. The molecule has 10 heteroatoms. The first kappa shape index (κ1) is 24.7. The molecule has 1 saturated heterocycles. The maximum Gasteiger partial charge on any atom is 0.416 e. The summed E-state index contributed by atoms with van der Waals surface area (Å²) >= 11 is 0. The van der Waals surface area contributed by atoms with Crippen LogP contribution in [0.4, 0.5) is 22.0 Å². The van der Waals surface area contributed by atoms with Gasteiger partial charge in [0, 0.05) is 30.6 Å². The fourth-order valence-electron chi connectivity index (χ4n) is 5.32. The first-order valence-corrected chi connectivity index (χ1v) is 12.0. The molecule has 2 aromatic rings. The van der Waals surface area contributed by atoms with Crippen LogP contribution in [-0.2, 0) is 21.2 Å². The summed E-state index contributed by atoms with van der Waals surface area (Å²) in [6, 6.07) is 7.86. The number of halogens is 5. The number of alkyl halides is 3. The van der Waals surface area contributed by atoms with Crippen LogP contribution in [0.15, 0.2) is 42.5 Å². The van der Waals surface area contributed by atoms with Crippen molar-refractivity contribution in [3.63, 3.8) is 0 Å². The molecular formula is C26H26F5N3O2. The molecule has 0 aromatic heterocycles. The summed E-state index contributed by atoms with van der Waals surface area (Å²) < 4.78 is 67.3. The fraction of sp³-hybridized carbons (Fsp3) is 0.462. The third-order valence-corrected chi connectivity index (χ3v) is 7.77. The van der Waals surface area contributed by atoms with E-state index in [-0.39, 0.29) is 36.8 Å². The zero-order valence-electron chi connectivity index (χ0n) is 19.4. The number of likely N-dealkylation sites (tertiary alicyclic amines) is 1. The van der Waals surface area contributed by atoms with Crippen LogP contribution in [0.1, 0.15) is 54.7 Å². The normalized spacial score (nSPS) is 25.4. The van der Waals surface area contributed by atoms with Gasteiger partial charge in [0.1, 0.15) is 17.2 Å². The zero-order chi connectivity index (χ0) is 25.9. The van der Waals surface area contributed by atoms with Crippen molar-refractivity contribution in [1.29, 1.82) is 0 Å². The molecular weight excluding hydrogens is 481 g/mol. The van der Waals surface area contributed by atoms with Gasteiger partial charge in [-0.1, -0.05) is 18.2 Å². The largest absolute Gasteiger partial charge is 0.416 e. The molecule has 2 atom stereocenters. The Morgan fingerprint density at radius 2 is 1.64 bits per heavy atom. The highest BCUT2D eigenvalue weighted by molar-refractivity contribution is 6.00. The van der Waals surface area contributed by atoms with Crippen molar-refractivity contribution in [1.82, 2.24) is 10.2 Å². The van der Waals surface area contributed by atoms with E-state index in [2.05, 4.69) is 5.32 Å². The van der Waals surface area contributed by atoms with Crippen LogP contribution in [0.2, 0.25) is 0 Å². The smallest absolute Gasteiger partial charge is 0.341 e. The highest BCUT2D eigenvalue weighted by atomic mass is 19.4. The van der Waals surface area contributed by atoms with E-state index in [9.17, 15) is 31.5 Å². The minimum atomic E-state index is -4.71. The molecule has 3 N–H and O–H groups in total. The van der Waals surface area contributed by atoms with Crippen LogP contribution < -0.4 is 11.1 Å². The van der Waals surface area contributed by atoms with Crippen LogP contribution in [-0.4, -0.2) is 41.4 Å². The van der Waals surface area contributed by atoms with Gasteiger partial charge in [-0.2, -0.15) is 13.2 Å². The van der Waals surface area contributed by atoms with Gasteiger partial charge in [0.25, 0.3) is 0 Å². The first-order chi connectivity index (χ1) is 17.0. The lowest BCUT2D eigenvalue weighted by molar-refractivity contribution is -0.139. The quantitative estimate of drug-likeness (QED) is 0.601. The molecule has 0 bridgehead atoms. The van der Waals surface area contributed by atoms with E-state index in [0.717, 1.165) is 12.1 Å². The van der Waals surface area contributed by atoms with Gasteiger partial charge in [0.2, 0.25) is 11.8 Å². The van der Waals surface area contributed by atoms with Gasteiger partial charge in [-0.05, 0) is 61.9 Å². The standard InChI is InChI=1S/C26H26F5N3O2/c27-17-4-1-15(2-5-17)20-14-25(20,23(36)34-11-7-18(32)8-12-34)33-22(35)24(9-10-24)19-6-3-16(13-21(19)28)26(29,30)31/h1-6,13,18,20H,7-12,14,32H2,(H,33,35)/t20-,25?/m1/s1. The van der Waals surface area contributed by atoms with Crippen LogP contribution >= 0.6 is 0 Å². The number of carbonyl (C=O) groups excluding carboxylic acids is 2. The third-order valence-electron chi connectivity index (χ3n) is 7.77. The van der Waals surface area contributed by atoms with Crippen molar-refractivity contribution in [3.8, 4) is 0 Å². The van der Waals surface area contributed by atoms with Gasteiger partial charge in [0.05, 0.1) is 11.0 Å². The summed E-state index contributed by atoms with van der Waals surface area (Å²) in [5, 5.41) is 2.87. The summed E-state index contributed by atoms with van der Waals surface area (Å²) in [6.07, 6.45) is -2.66. The van der Waals surface area contributed by atoms with Crippen LogP contribution in [0, 0.1) is 11.6 Å². The Hall–Kier alpha value is -3.01. The summed E-state index contributed by atoms with van der Waals surface area (Å²) in [6.45, 7) is 0.874. The topological polar surface area (TPSA) is 75.4 Å². The number of piperidine rings is 1. The second-order valence-electron chi connectivity index (χ2n) is 10.1. The molecule has 192 valence electrons. The lowest BCUT2D eigenvalue weighted by Crippen LogP contribution is -2.56. The maximum absolute atomic E-state index is 14.8. The van der Waals surface area contributed by atoms with Crippen LogP contribution in [0.5, 0.6) is 0 Å². The average Bonchev–Trinajstić information content (AvgIpc) is 3.75. The van der Waals surface area contributed by atoms with Crippen molar-refractivity contribution in [2.45, 2.75) is 61.2 Å². The molecule has 2 aromatic carbocycles. The lowest BCUT2D eigenvalue weighted by atomic mass is 9.92. The monoisotopic (exact) mass is 507 g/mol. The summed E-state index contributed by atoms with van der Waals surface area (Å²) in [5.41, 5.74) is 2.79. The fourth-order valence-corrected chi connectivity index (χ4v) is 5.32. The van der Waals surface area contributed by atoms with Gasteiger partial charge in [-0.25, -0.2) is 8.78 Å². The van der Waals surface area contributed by atoms with Crippen molar-refractivity contribution >= 4 is 11.8 Å². The van der Waals surface area contributed by atoms with E-state index in [1.165, 1.54) is 12.1 Å². The average molecular weight is 508 g/mol. The minimum Gasteiger partial charge on any atom is -0.341 e. The predicted octanol–water partition coefficient (Wildman–Crippen LogP) is 4.01. The number of benzene rings is 2. The van der Waals surface area contributed by atoms with Crippen LogP contribution in [0.25, 0.3) is 0 Å². The van der Waals surface area contributed by atoms with Gasteiger partial charge in [0.15, 0.2) is 0 Å². The molecule has 1 heterocycles. The molecule has 36 heavy (non-hydrogen) atoms. The molecule has 1 unspecified atom stereocenters. The van der Waals surface area contributed by atoms with E-state index < -0.39 is 46.2 Å². The molecule has 5 rings (SSSR count). The first-order valence-electron chi connectivity index (χ1n) is 12.0. The number of rotatable bonds is 5. The SMILES string of the molecule is NC1CCN(C(=O)C2(NC(=O)C3(c4ccc(C(F)(F)F)cc4F)CC3)C[C@@H]2c2ccc(F)cc2)CC1. The van der Waals surface area contributed by atoms with Crippen molar-refractivity contribution in [2.24, 2.45) is 5.73 Å². The molecule has 2 saturated carbocycles. The summed E-state index contributed by atoms with van der Waals surface area (Å²) in [5.74, 6) is -2.80. The minimum absolute atomic E-state index is 0.0101. The Morgan fingerprint density at radius 3 is 2.19 bits per heavy atom. The number of amides is 2. The van der Waals surface area contributed by atoms with Gasteiger partial charge >= 0.3 is 6.18 Å². The van der Waals surface area contributed by atoms with Crippen molar-refractivity contribution in [3.05, 3.63) is 70.8 Å². The number of hydrogen-bond acceptors (Lipinski definition) is 3. The molecule has 2 amide bonds. The number of nitrogens with zero attached hydrogens (tertiary/aromatic N) is 1. The Balaban J connectivity index is 1.43. The second kappa shape index (κ2) is 8.54. The molecule has 0 spiro atoms. The Morgan fingerprint density at radius 1 is 1.00 bits per heavy atom. The van der Waals surface area contributed by atoms with Crippen molar-refractivity contribution < 1.29 is 31.5 Å². The number of nitrogens with two attached hydrogens (primary N) is 1. The van der Waals surface area contributed by atoms with Gasteiger partial charge in [-0.15, -0.1) is 0 Å². The van der Waals surface area contributed by atoms with Gasteiger partial charge in [-0.3, -0.25) is 9.59 Å². The van der Waals surface area contributed by atoms with E-state index in [4.69, 9.17) is 5.73 Å². The molecule has 3 fully saturated rings.